The van der Waals surface area contributed by atoms with Crippen molar-refractivity contribution in [1.29, 1.82) is 0 Å². The fourth-order valence-electron chi connectivity index (χ4n) is 3.44. The SMILES string of the molecule is CCOC(=O)C(C)(C)Oc1ccc(Oc2cccc(CNCc3ccc(C(F)(F)F)cc3)c2)cc1C. The molecule has 0 aliphatic rings. The molecule has 1 N–H and O–H groups in total. The van der Waals surface area contributed by atoms with Gasteiger partial charge >= 0.3 is 12.1 Å². The fraction of sp³-hybridized carbons (Fsp3) is 0.321. The average Bonchev–Trinajstić information content (AvgIpc) is 2.81. The summed E-state index contributed by atoms with van der Waals surface area (Å²) in [7, 11) is 0. The number of halogens is 3. The topological polar surface area (TPSA) is 56.8 Å². The molecular weight excluding hydrogens is 471 g/mol. The van der Waals surface area contributed by atoms with Gasteiger partial charge in [0.25, 0.3) is 0 Å². The summed E-state index contributed by atoms with van der Waals surface area (Å²) in [5, 5.41) is 3.23. The molecule has 8 heteroatoms. The van der Waals surface area contributed by atoms with Crippen LogP contribution in [0.3, 0.4) is 0 Å². The summed E-state index contributed by atoms with van der Waals surface area (Å²) in [6.07, 6.45) is -4.34. The van der Waals surface area contributed by atoms with Crippen molar-refractivity contribution >= 4 is 5.97 Å². The maximum Gasteiger partial charge on any atom is 0.416 e. The van der Waals surface area contributed by atoms with Gasteiger partial charge in [-0.1, -0.05) is 24.3 Å². The van der Waals surface area contributed by atoms with Crippen molar-refractivity contribution in [2.45, 2.75) is 52.6 Å². The van der Waals surface area contributed by atoms with Crippen molar-refractivity contribution in [2.24, 2.45) is 0 Å². The number of ether oxygens (including phenoxy) is 3. The number of esters is 1. The summed E-state index contributed by atoms with van der Waals surface area (Å²) in [6.45, 7) is 8.17. The van der Waals surface area contributed by atoms with E-state index in [2.05, 4.69) is 5.32 Å². The molecule has 3 aromatic carbocycles. The van der Waals surface area contributed by atoms with Gasteiger partial charge < -0.3 is 19.5 Å². The minimum atomic E-state index is -4.34. The molecule has 0 amide bonds. The molecule has 0 spiro atoms. The summed E-state index contributed by atoms with van der Waals surface area (Å²) >= 11 is 0. The fourth-order valence-corrected chi connectivity index (χ4v) is 3.44. The van der Waals surface area contributed by atoms with Gasteiger partial charge in [0, 0.05) is 13.1 Å². The highest BCUT2D eigenvalue weighted by Crippen LogP contribution is 2.31. The summed E-state index contributed by atoms with van der Waals surface area (Å²) in [6, 6.07) is 18.0. The van der Waals surface area contributed by atoms with Crippen LogP contribution in [0, 0.1) is 6.92 Å². The number of aryl methyl sites for hydroxylation is 1. The maximum absolute atomic E-state index is 12.7. The first kappa shape index (κ1) is 27.1. The lowest BCUT2D eigenvalue weighted by Gasteiger charge is -2.25. The van der Waals surface area contributed by atoms with Crippen LogP contribution in [0.2, 0.25) is 0 Å². The Hall–Kier alpha value is -3.52. The molecule has 0 fully saturated rings. The third-order valence-electron chi connectivity index (χ3n) is 5.35. The van der Waals surface area contributed by atoms with Crippen LogP contribution in [-0.2, 0) is 28.8 Å². The highest BCUT2D eigenvalue weighted by atomic mass is 19.4. The summed E-state index contributed by atoms with van der Waals surface area (Å²) in [4.78, 5) is 12.1. The molecule has 3 aromatic rings. The third-order valence-corrected chi connectivity index (χ3v) is 5.35. The lowest BCUT2D eigenvalue weighted by molar-refractivity contribution is -0.158. The molecule has 0 radical (unpaired) electrons. The number of alkyl halides is 3. The lowest BCUT2D eigenvalue weighted by atomic mass is 10.1. The van der Waals surface area contributed by atoms with Crippen molar-refractivity contribution in [2.75, 3.05) is 6.61 Å². The first-order valence-electron chi connectivity index (χ1n) is 11.6. The molecule has 3 rings (SSSR count). The van der Waals surface area contributed by atoms with E-state index in [9.17, 15) is 18.0 Å². The summed E-state index contributed by atoms with van der Waals surface area (Å²) in [5.74, 6) is 1.38. The van der Waals surface area contributed by atoms with Crippen molar-refractivity contribution in [3.63, 3.8) is 0 Å². The van der Waals surface area contributed by atoms with Crippen LogP contribution in [0.1, 0.15) is 43.0 Å². The van der Waals surface area contributed by atoms with E-state index >= 15 is 0 Å². The molecule has 192 valence electrons. The zero-order valence-corrected chi connectivity index (χ0v) is 20.7. The van der Waals surface area contributed by atoms with Gasteiger partial charge in [0.15, 0.2) is 5.60 Å². The van der Waals surface area contributed by atoms with Crippen LogP contribution < -0.4 is 14.8 Å². The van der Waals surface area contributed by atoms with E-state index in [1.54, 1.807) is 32.9 Å². The van der Waals surface area contributed by atoms with E-state index in [0.717, 1.165) is 28.8 Å². The molecule has 0 saturated carbocycles. The van der Waals surface area contributed by atoms with Gasteiger partial charge in [0.1, 0.15) is 17.2 Å². The average molecular weight is 502 g/mol. The number of nitrogens with one attached hydrogen (secondary N) is 1. The van der Waals surface area contributed by atoms with E-state index in [1.165, 1.54) is 12.1 Å². The second kappa shape index (κ2) is 11.5. The van der Waals surface area contributed by atoms with Crippen LogP contribution in [0.4, 0.5) is 13.2 Å². The summed E-state index contributed by atoms with van der Waals surface area (Å²) < 4.78 is 55.0. The smallest absolute Gasteiger partial charge is 0.416 e. The lowest BCUT2D eigenvalue weighted by Crippen LogP contribution is -2.39. The number of rotatable bonds is 10. The highest BCUT2D eigenvalue weighted by Gasteiger charge is 2.32. The van der Waals surface area contributed by atoms with E-state index in [4.69, 9.17) is 14.2 Å². The van der Waals surface area contributed by atoms with Crippen molar-refractivity contribution < 1.29 is 32.2 Å². The molecule has 0 heterocycles. The normalized spacial score (nSPS) is 11.8. The van der Waals surface area contributed by atoms with Crippen LogP contribution >= 0.6 is 0 Å². The van der Waals surface area contributed by atoms with Crippen LogP contribution in [0.25, 0.3) is 0 Å². The quantitative estimate of drug-likeness (QED) is 0.309. The molecule has 0 aliphatic carbocycles. The number of hydrogen-bond donors (Lipinski definition) is 1. The number of hydrogen-bond acceptors (Lipinski definition) is 5. The van der Waals surface area contributed by atoms with Crippen LogP contribution in [-0.4, -0.2) is 18.2 Å². The number of carbonyl (C=O) groups is 1. The molecule has 36 heavy (non-hydrogen) atoms. The zero-order chi connectivity index (χ0) is 26.3. The standard InChI is InChI=1S/C28H30F3NO4/c1-5-34-26(33)27(3,4)36-25-14-13-24(15-19(25)2)35-23-8-6-7-21(16-23)18-32-17-20-9-11-22(12-10-20)28(29,30)31/h6-16,32H,5,17-18H2,1-4H3. The molecule has 0 aliphatic heterocycles. The molecule has 0 aromatic heterocycles. The van der Waals surface area contributed by atoms with Crippen LogP contribution in [0.5, 0.6) is 17.2 Å². The largest absolute Gasteiger partial charge is 0.476 e. The Bertz CT molecular complexity index is 1170. The van der Waals surface area contributed by atoms with E-state index in [0.29, 0.717) is 30.3 Å². The van der Waals surface area contributed by atoms with Gasteiger partial charge in [0.05, 0.1) is 12.2 Å². The molecular formula is C28H30F3NO4. The summed E-state index contributed by atoms with van der Waals surface area (Å²) in [5.41, 5.74) is 0.754. The molecule has 0 bridgehead atoms. The number of carbonyl (C=O) groups excluding carboxylic acids is 1. The molecule has 0 unspecified atom stereocenters. The van der Waals surface area contributed by atoms with Gasteiger partial charge in [-0.3, -0.25) is 0 Å². The Labute approximate surface area is 209 Å². The molecule has 5 nitrogen and oxygen atoms in total. The van der Waals surface area contributed by atoms with Gasteiger partial charge in [-0.25, -0.2) is 4.79 Å². The van der Waals surface area contributed by atoms with Gasteiger partial charge in [0.2, 0.25) is 0 Å². The van der Waals surface area contributed by atoms with Gasteiger partial charge in [-0.05, 0) is 86.8 Å². The van der Waals surface area contributed by atoms with Crippen molar-refractivity contribution in [3.05, 3.63) is 89.0 Å². The zero-order valence-electron chi connectivity index (χ0n) is 20.7. The van der Waals surface area contributed by atoms with Gasteiger partial charge in [-0.2, -0.15) is 13.2 Å². The van der Waals surface area contributed by atoms with Crippen molar-refractivity contribution in [1.82, 2.24) is 5.32 Å². The van der Waals surface area contributed by atoms with E-state index < -0.39 is 23.3 Å². The van der Waals surface area contributed by atoms with E-state index in [1.807, 2.05) is 37.3 Å². The van der Waals surface area contributed by atoms with E-state index in [-0.39, 0.29) is 6.61 Å². The Morgan fingerprint density at radius 2 is 1.56 bits per heavy atom. The Balaban J connectivity index is 1.57. The van der Waals surface area contributed by atoms with Gasteiger partial charge in [-0.15, -0.1) is 0 Å². The molecule has 0 atom stereocenters. The first-order valence-corrected chi connectivity index (χ1v) is 11.6. The monoisotopic (exact) mass is 501 g/mol. The highest BCUT2D eigenvalue weighted by molar-refractivity contribution is 5.79. The first-order chi connectivity index (χ1) is 17.0. The predicted molar refractivity (Wildman–Crippen MR) is 131 cm³/mol. The predicted octanol–water partition coefficient (Wildman–Crippen LogP) is 6.82. The Kier molecular flexibility index (Phi) is 8.63. The number of benzene rings is 3. The van der Waals surface area contributed by atoms with Crippen molar-refractivity contribution in [3.8, 4) is 17.2 Å². The minimum Gasteiger partial charge on any atom is -0.476 e. The Morgan fingerprint density at radius 1 is 0.889 bits per heavy atom. The van der Waals surface area contributed by atoms with Crippen LogP contribution in [0.15, 0.2) is 66.7 Å². The second-order valence-electron chi connectivity index (χ2n) is 8.81. The minimum absolute atomic E-state index is 0.279. The molecule has 0 saturated heterocycles. The third kappa shape index (κ3) is 7.49. The second-order valence-corrected chi connectivity index (χ2v) is 8.81. The maximum atomic E-state index is 12.7. The Morgan fingerprint density at radius 3 is 2.19 bits per heavy atom.